The van der Waals surface area contributed by atoms with Gasteiger partial charge in [-0.25, -0.2) is 8.42 Å². The Balaban J connectivity index is 2.81. The summed E-state index contributed by atoms with van der Waals surface area (Å²) in [5.41, 5.74) is 0. The second kappa shape index (κ2) is 5.95. The van der Waals surface area contributed by atoms with Gasteiger partial charge in [0.1, 0.15) is 0 Å². The maximum atomic E-state index is 12.0. The maximum absolute atomic E-state index is 12.0. The van der Waals surface area contributed by atoms with Gasteiger partial charge in [0.15, 0.2) is 0 Å². The maximum Gasteiger partial charge on any atom is 0.214 e. The van der Waals surface area contributed by atoms with Gasteiger partial charge in [0.25, 0.3) is 0 Å². The lowest BCUT2D eigenvalue weighted by molar-refractivity contribution is 0.193. The zero-order valence-electron chi connectivity index (χ0n) is 10.0. The first-order valence-electron chi connectivity index (χ1n) is 5.85. The van der Waals surface area contributed by atoms with Gasteiger partial charge in [-0.1, -0.05) is 6.92 Å². The Hall–Kier alpha value is -0.170. The van der Waals surface area contributed by atoms with E-state index < -0.39 is 10.0 Å². The third-order valence-corrected chi connectivity index (χ3v) is 5.04. The standard InChI is InChI=1S/C10H22N2O3S/c1-3-6-16(14,15)12-5-4-9(2)11-7-10(12)8-13/h9-11,13H,3-8H2,1-2H3. The summed E-state index contributed by atoms with van der Waals surface area (Å²) in [7, 11) is -3.21. The molecule has 16 heavy (non-hydrogen) atoms. The first kappa shape index (κ1) is 13.9. The lowest BCUT2D eigenvalue weighted by atomic mass is 10.2. The number of nitrogens with zero attached hydrogens (tertiary/aromatic N) is 1. The Morgan fingerprint density at radius 3 is 2.75 bits per heavy atom. The van der Waals surface area contributed by atoms with Gasteiger partial charge in [-0.2, -0.15) is 4.31 Å². The number of sulfonamides is 1. The van der Waals surface area contributed by atoms with Gasteiger partial charge < -0.3 is 10.4 Å². The summed E-state index contributed by atoms with van der Waals surface area (Å²) >= 11 is 0. The van der Waals surface area contributed by atoms with Gasteiger partial charge in [-0.05, 0) is 19.8 Å². The van der Waals surface area contributed by atoms with Crippen LogP contribution in [0.1, 0.15) is 26.7 Å². The molecule has 5 nitrogen and oxygen atoms in total. The third kappa shape index (κ3) is 3.41. The number of rotatable bonds is 4. The molecule has 0 bridgehead atoms. The average Bonchev–Trinajstić information content (AvgIpc) is 2.40. The molecule has 2 N–H and O–H groups in total. The molecule has 6 heteroatoms. The van der Waals surface area contributed by atoms with Crippen LogP contribution in [0.5, 0.6) is 0 Å². The summed E-state index contributed by atoms with van der Waals surface area (Å²) in [4.78, 5) is 0. The van der Waals surface area contributed by atoms with Crippen LogP contribution in [0, 0.1) is 0 Å². The lowest BCUT2D eigenvalue weighted by Gasteiger charge is -2.27. The predicted molar refractivity (Wildman–Crippen MR) is 63.7 cm³/mol. The van der Waals surface area contributed by atoms with Crippen LogP contribution in [0.3, 0.4) is 0 Å². The zero-order chi connectivity index (χ0) is 12.2. The molecule has 1 aliphatic heterocycles. The summed E-state index contributed by atoms with van der Waals surface area (Å²) in [6, 6.07) is -0.0163. The molecule has 0 aliphatic carbocycles. The minimum absolute atomic E-state index is 0.122. The highest BCUT2D eigenvalue weighted by molar-refractivity contribution is 7.89. The van der Waals surface area contributed by atoms with Crippen LogP contribution in [0.2, 0.25) is 0 Å². The van der Waals surface area contributed by atoms with Crippen molar-refractivity contribution in [3.8, 4) is 0 Å². The van der Waals surface area contributed by atoms with E-state index in [2.05, 4.69) is 5.32 Å². The van der Waals surface area contributed by atoms with Gasteiger partial charge in [-0.3, -0.25) is 0 Å². The van der Waals surface area contributed by atoms with E-state index in [0.29, 0.717) is 25.6 Å². The fourth-order valence-corrected chi connectivity index (χ4v) is 3.67. The average molecular weight is 250 g/mol. The van der Waals surface area contributed by atoms with Crippen LogP contribution < -0.4 is 5.32 Å². The Morgan fingerprint density at radius 1 is 1.50 bits per heavy atom. The Morgan fingerprint density at radius 2 is 2.19 bits per heavy atom. The zero-order valence-corrected chi connectivity index (χ0v) is 10.8. The molecule has 0 amide bonds. The van der Waals surface area contributed by atoms with Gasteiger partial charge in [0.2, 0.25) is 10.0 Å². The van der Waals surface area contributed by atoms with E-state index in [9.17, 15) is 13.5 Å². The molecule has 0 saturated carbocycles. The molecule has 0 aromatic carbocycles. The summed E-state index contributed by atoms with van der Waals surface area (Å²) in [6.45, 7) is 4.79. The second-order valence-electron chi connectivity index (χ2n) is 4.36. The highest BCUT2D eigenvalue weighted by Gasteiger charge is 2.31. The summed E-state index contributed by atoms with van der Waals surface area (Å²) < 4.78 is 25.5. The molecule has 1 heterocycles. The summed E-state index contributed by atoms with van der Waals surface area (Å²) in [5, 5.41) is 12.5. The molecular weight excluding hydrogens is 228 g/mol. The monoisotopic (exact) mass is 250 g/mol. The molecule has 0 spiro atoms. The quantitative estimate of drug-likeness (QED) is 0.723. The molecule has 1 saturated heterocycles. The number of hydrogen-bond donors (Lipinski definition) is 2. The molecule has 0 aromatic rings. The highest BCUT2D eigenvalue weighted by Crippen LogP contribution is 2.13. The Labute approximate surface area is 97.9 Å². The van der Waals surface area contributed by atoms with Crippen molar-refractivity contribution in [3.63, 3.8) is 0 Å². The van der Waals surface area contributed by atoms with E-state index in [0.717, 1.165) is 6.42 Å². The molecule has 2 atom stereocenters. The molecule has 0 aromatic heterocycles. The predicted octanol–water partition coefficient (Wildman–Crippen LogP) is -0.229. The van der Waals surface area contributed by atoms with Crippen LogP contribution in [-0.4, -0.2) is 55.4 Å². The van der Waals surface area contributed by atoms with E-state index in [4.69, 9.17) is 0 Å². The van der Waals surface area contributed by atoms with Crippen molar-refractivity contribution in [2.24, 2.45) is 0 Å². The van der Waals surface area contributed by atoms with Crippen LogP contribution in [0.15, 0.2) is 0 Å². The highest BCUT2D eigenvalue weighted by atomic mass is 32.2. The van der Waals surface area contributed by atoms with E-state index >= 15 is 0 Å². The van der Waals surface area contributed by atoms with E-state index in [-0.39, 0.29) is 18.4 Å². The van der Waals surface area contributed by atoms with Crippen LogP contribution in [0.25, 0.3) is 0 Å². The van der Waals surface area contributed by atoms with Crippen molar-refractivity contribution in [3.05, 3.63) is 0 Å². The minimum atomic E-state index is -3.21. The van der Waals surface area contributed by atoms with Crippen molar-refractivity contribution < 1.29 is 13.5 Å². The molecule has 1 fully saturated rings. The summed E-state index contributed by atoms with van der Waals surface area (Å²) in [5.74, 6) is 0.165. The molecule has 0 radical (unpaired) electrons. The Kier molecular flexibility index (Phi) is 5.17. The van der Waals surface area contributed by atoms with Gasteiger partial charge in [-0.15, -0.1) is 0 Å². The first-order chi connectivity index (χ1) is 7.51. The van der Waals surface area contributed by atoms with Crippen molar-refractivity contribution in [1.82, 2.24) is 9.62 Å². The largest absolute Gasteiger partial charge is 0.395 e. The Bertz CT molecular complexity index is 305. The van der Waals surface area contributed by atoms with Gasteiger partial charge in [0, 0.05) is 19.1 Å². The second-order valence-corrected chi connectivity index (χ2v) is 6.40. The number of nitrogens with one attached hydrogen (secondary N) is 1. The molecular formula is C10H22N2O3S. The van der Waals surface area contributed by atoms with Crippen LogP contribution >= 0.6 is 0 Å². The minimum Gasteiger partial charge on any atom is -0.395 e. The molecule has 1 rings (SSSR count). The van der Waals surface area contributed by atoms with Crippen LogP contribution in [-0.2, 0) is 10.0 Å². The lowest BCUT2D eigenvalue weighted by Crippen LogP contribution is -2.46. The topological polar surface area (TPSA) is 69.6 Å². The van der Waals surface area contributed by atoms with Crippen molar-refractivity contribution in [2.75, 3.05) is 25.4 Å². The van der Waals surface area contributed by atoms with Crippen molar-refractivity contribution >= 4 is 10.0 Å². The number of aliphatic hydroxyl groups is 1. The molecule has 96 valence electrons. The van der Waals surface area contributed by atoms with E-state index in [1.807, 2.05) is 13.8 Å². The van der Waals surface area contributed by atoms with Crippen molar-refractivity contribution in [2.45, 2.75) is 38.8 Å². The number of hydrogen-bond acceptors (Lipinski definition) is 4. The fourth-order valence-electron chi connectivity index (χ4n) is 1.94. The van der Waals surface area contributed by atoms with Crippen LogP contribution in [0.4, 0.5) is 0 Å². The fraction of sp³-hybridized carbons (Fsp3) is 1.00. The SMILES string of the molecule is CCCS(=O)(=O)N1CCC(C)NCC1CO. The smallest absolute Gasteiger partial charge is 0.214 e. The van der Waals surface area contributed by atoms with E-state index in [1.165, 1.54) is 4.31 Å². The molecule has 2 unspecified atom stereocenters. The number of aliphatic hydroxyl groups excluding tert-OH is 1. The normalized spacial score (nSPS) is 28.9. The van der Waals surface area contributed by atoms with E-state index in [1.54, 1.807) is 0 Å². The summed E-state index contributed by atoms with van der Waals surface area (Å²) in [6.07, 6.45) is 1.40. The van der Waals surface area contributed by atoms with Crippen molar-refractivity contribution in [1.29, 1.82) is 0 Å². The molecule has 1 aliphatic rings. The van der Waals surface area contributed by atoms with Gasteiger partial charge in [0.05, 0.1) is 18.4 Å². The van der Waals surface area contributed by atoms with Gasteiger partial charge >= 0.3 is 0 Å². The third-order valence-electron chi connectivity index (χ3n) is 2.92. The first-order valence-corrected chi connectivity index (χ1v) is 7.46.